The van der Waals surface area contributed by atoms with Crippen molar-refractivity contribution in [2.24, 2.45) is 0 Å². The Morgan fingerprint density at radius 3 is 1.96 bits per heavy atom. The van der Waals surface area contributed by atoms with Crippen molar-refractivity contribution in [2.45, 2.75) is 10.4 Å². The van der Waals surface area contributed by atoms with Gasteiger partial charge >= 0.3 is 5.51 Å². The maximum atomic E-state index is 12.5. The van der Waals surface area contributed by atoms with Crippen LogP contribution in [0.1, 0.15) is 11.1 Å². The lowest BCUT2D eigenvalue weighted by Crippen LogP contribution is -2.23. The number of allylic oxidation sites excluding steroid dienone is 1. The van der Waals surface area contributed by atoms with Gasteiger partial charge in [-0.1, -0.05) is 42.5 Å². The van der Waals surface area contributed by atoms with Crippen molar-refractivity contribution in [1.82, 2.24) is 0 Å². The topological polar surface area (TPSA) is 51.2 Å². The highest BCUT2D eigenvalue weighted by molar-refractivity contribution is 7.92. The second-order valence-corrected chi connectivity index (χ2v) is 6.54. The van der Waals surface area contributed by atoms with Gasteiger partial charge in [-0.05, 0) is 29.3 Å². The van der Waals surface area contributed by atoms with Crippen LogP contribution in [0.15, 0.2) is 59.5 Å². The first-order valence-electron chi connectivity index (χ1n) is 6.39. The summed E-state index contributed by atoms with van der Waals surface area (Å²) in [6, 6.07) is 12.8. The van der Waals surface area contributed by atoms with Gasteiger partial charge in [0.1, 0.15) is 0 Å². The van der Waals surface area contributed by atoms with Gasteiger partial charge in [-0.15, -0.1) is 0 Å². The molecule has 0 heterocycles. The smallest absolute Gasteiger partial charge is 0.298 e. The molecule has 0 aliphatic rings. The summed E-state index contributed by atoms with van der Waals surface area (Å²) in [5, 5.41) is 0. The molecule has 0 unspecified atom stereocenters. The second-order valence-electron chi connectivity index (χ2n) is 4.60. The lowest BCUT2D eigenvalue weighted by atomic mass is 10.0. The lowest BCUT2D eigenvalue weighted by Gasteiger charge is -2.08. The Morgan fingerprint density at radius 1 is 0.913 bits per heavy atom. The molecule has 0 aliphatic heterocycles. The fourth-order valence-corrected chi connectivity index (χ4v) is 2.63. The van der Waals surface area contributed by atoms with Gasteiger partial charge in [0.2, 0.25) is 0 Å². The summed E-state index contributed by atoms with van der Waals surface area (Å²) in [5.41, 5.74) is -3.95. The Hall–Kier alpha value is -2.41. The number of hydrogen-bond acceptors (Lipinski definition) is 3. The van der Waals surface area contributed by atoms with Crippen LogP contribution in [0.2, 0.25) is 0 Å². The monoisotopic (exact) mass is 340 g/mol. The van der Waals surface area contributed by atoms with E-state index in [0.29, 0.717) is 23.0 Å². The van der Waals surface area contributed by atoms with Crippen LogP contribution >= 0.6 is 0 Å². The molecule has 0 aliphatic carbocycles. The average Bonchev–Trinajstić information content (AvgIpc) is 2.53. The molecule has 0 bridgehead atoms. The van der Waals surface area contributed by atoms with Gasteiger partial charge in [0, 0.05) is 5.57 Å². The number of halogens is 3. The molecule has 2 aromatic rings. The molecular formula is C16H11F3O3S. The Bertz CT molecular complexity index is 821. The maximum absolute atomic E-state index is 12.5. The van der Waals surface area contributed by atoms with Crippen molar-refractivity contribution < 1.29 is 26.4 Å². The number of rotatable bonds is 4. The summed E-state index contributed by atoms with van der Waals surface area (Å²) in [4.78, 5) is 10.3. The minimum atomic E-state index is -5.37. The SMILES string of the molecule is O=CC(=Cc1ccc(S(=O)(=O)C(F)(F)F)cc1)c1ccccc1. The Balaban J connectivity index is 2.37. The van der Waals surface area contributed by atoms with Gasteiger partial charge in [0.25, 0.3) is 9.84 Å². The summed E-state index contributed by atoms with van der Waals surface area (Å²) in [6.07, 6.45) is 2.09. The Morgan fingerprint density at radius 2 is 1.48 bits per heavy atom. The molecule has 0 saturated carbocycles. The first-order chi connectivity index (χ1) is 10.8. The number of sulfone groups is 1. The molecule has 0 N–H and O–H groups in total. The molecule has 0 saturated heterocycles. The summed E-state index contributed by atoms with van der Waals surface area (Å²) >= 11 is 0. The predicted molar refractivity (Wildman–Crippen MR) is 80.1 cm³/mol. The molecule has 0 radical (unpaired) electrons. The summed E-state index contributed by atoms with van der Waals surface area (Å²) in [7, 11) is -5.37. The third kappa shape index (κ3) is 3.68. The fraction of sp³-hybridized carbons (Fsp3) is 0.0625. The molecule has 0 atom stereocenters. The van der Waals surface area contributed by atoms with E-state index in [1.807, 2.05) is 0 Å². The highest BCUT2D eigenvalue weighted by Gasteiger charge is 2.46. The van der Waals surface area contributed by atoms with Crippen LogP contribution in [0.3, 0.4) is 0 Å². The summed E-state index contributed by atoms with van der Waals surface area (Å²) in [5.74, 6) is 0. The molecule has 3 nitrogen and oxygen atoms in total. The second kappa shape index (κ2) is 6.37. The highest BCUT2D eigenvalue weighted by atomic mass is 32.2. The normalized spacial score (nSPS) is 12.9. The fourth-order valence-electron chi connectivity index (χ4n) is 1.87. The number of benzene rings is 2. The average molecular weight is 340 g/mol. The van der Waals surface area contributed by atoms with Gasteiger partial charge < -0.3 is 0 Å². The highest BCUT2D eigenvalue weighted by Crippen LogP contribution is 2.30. The Labute approximate surface area is 131 Å². The zero-order chi connectivity index (χ0) is 17.1. The van der Waals surface area contributed by atoms with Crippen LogP contribution in [0.5, 0.6) is 0 Å². The standard InChI is InChI=1S/C16H11F3O3S/c17-16(18,19)23(21,22)15-8-6-12(7-9-15)10-14(11-20)13-4-2-1-3-5-13/h1-11H. The molecule has 23 heavy (non-hydrogen) atoms. The molecule has 0 amide bonds. The van der Waals surface area contributed by atoms with Gasteiger partial charge in [0.05, 0.1) is 4.90 Å². The first-order valence-corrected chi connectivity index (χ1v) is 7.88. The van der Waals surface area contributed by atoms with Crippen LogP contribution in [-0.4, -0.2) is 20.2 Å². The van der Waals surface area contributed by atoms with E-state index in [4.69, 9.17) is 0 Å². The summed E-state index contributed by atoms with van der Waals surface area (Å²) < 4.78 is 59.9. The zero-order valence-corrected chi connectivity index (χ0v) is 12.4. The van der Waals surface area contributed by atoms with E-state index < -0.39 is 20.2 Å². The third-order valence-electron chi connectivity index (χ3n) is 3.05. The minimum Gasteiger partial charge on any atom is -0.298 e. The van der Waals surface area contributed by atoms with Crippen molar-refractivity contribution in [3.8, 4) is 0 Å². The minimum absolute atomic E-state index is 0.331. The van der Waals surface area contributed by atoms with E-state index in [1.165, 1.54) is 18.2 Å². The number of alkyl halides is 3. The van der Waals surface area contributed by atoms with Crippen LogP contribution < -0.4 is 0 Å². The molecular weight excluding hydrogens is 329 g/mol. The van der Waals surface area contributed by atoms with E-state index in [0.717, 1.165) is 12.1 Å². The largest absolute Gasteiger partial charge is 0.501 e. The zero-order valence-electron chi connectivity index (χ0n) is 11.6. The van der Waals surface area contributed by atoms with Gasteiger partial charge in [-0.2, -0.15) is 13.2 Å². The van der Waals surface area contributed by atoms with Gasteiger partial charge in [-0.3, -0.25) is 4.79 Å². The Kier molecular flexibility index (Phi) is 4.70. The van der Waals surface area contributed by atoms with Crippen molar-refractivity contribution >= 4 is 27.8 Å². The molecule has 7 heteroatoms. The van der Waals surface area contributed by atoms with Crippen LogP contribution in [0.25, 0.3) is 11.6 Å². The van der Waals surface area contributed by atoms with E-state index in [2.05, 4.69) is 0 Å². The van der Waals surface area contributed by atoms with Gasteiger partial charge in [-0.25, -0.2) is 8.42 Å². The third-order valence-corrected chi connectivity index (χ3v) is 4.55. The molecule has 2 rings (SSSR count). The molecule has 2 aromatic carbocycles. The van der Waals surface area contributed by atoms with Crippen LogP contribution in [0.4, 0.5) is 13.2 Å². The lowest BCUT2D eigenvalue weighted by molar-refractivity contribution is -0.103. The number of carbonyl (C=O) groups excluding carboxylic acids is 1. The molecule has 120 valence electrons. The van der Waals surface area contributed by atoms with Crippen LogP contribution in [-0.2, 0) is 14.6 Å². The van der Waals surface area contributed by atoms with Gasteiger partial charge in [0.15, 0.2) is 6.29 Å². The molecule has 0 fully saturated rings. The maximum Gasteiger partial charge on any atom is 0.501 e. The van der Waals surface area contributed by atoms with E-state index in [9.17, 15) is 26.4 Å². The van der Waals surface area contributed by atoms with Crippen molar-refractivity contribution in [3.63, 3.8) is 0 Å². The first kappa shape index (κ1) is 17.0. The number of aldehydes is 1. The van der Waals surface area contributed by atoms with E-state index in [-0.39, 0.29) is 0 Å². The van der Waals surface area contributed by atoms with Crippen molar-refractivity contribution in [1.29, 1.82) is 0 Å². The molecule has 0 spiro atoms. The summed E-state index contributed by atoms with van der Waals surface area (Å²) in [6.45, 7) is 0. The number of carbonyl (C=O) groups is 1. The van der Waals surface area contributed by atoms with Crippen molar-refractivity contribution in [3.05, 3.63) is 65.7 Å². The predicted octanol–water partition coefficient (Wildman–Crippen LogP) is 3.72. The quantitative estimate of drug-likeness (QED) is 0.484. The number of hydrogen-bond donors (Lipinski definition) is 0. The van der Waals surface area contributed by atoms with Crippen LogP contribution in [0, 0.1) is 0 Å². The molecule has 0 aromatic heterocycles. The van der Waals surface area contributed by atoms with E-state index >= 15 is 0 Å². The van der Waals surface area contributed by atoms with E-state index in [1.54, 1.807) is 30.3 Å². The van der Waals surface area contributed by atoms with Crippen molar-refractivity contribution in [2.75, 3.05) is 0 Å².